The molecular formula is C41H47N10O4+. The van der Waals surface area contributed by atoms with Crippen LogP contribution in [0.25, 0.3) is 23.2 Å². The van der Waals surface area contributed by atoms with Gasteiger partial charge in [0.25, 0.3) is 5.91 Å². The number of nitrogens with one attached hydrogen (secondary N) is 4. The number of fused-ring (bicyclic) bond motifs is 2. The zero-order valence-electron chi connectivity index (χ0n) is 31.3. The van der Waals surface area contributed by atoms with Crippen LogP contribution < -0.4 is 30.8 Å². The molecule has 2 aromatic carbocycles. The summed E-state index contributed by atoms with van der Waals surface area (Å²) in [6.45, 7) is 7.18. The smallest absolute Gasteiger partial charge is 0.260 e. The van der Waals surface area contributed by atoms with E-state index in [1.807, 2.05) is 17.0 Å². The average Bonchev–Trinajstić information content (AvgIpc) is 3.90. The second kappa shape index (κ2) is 15.5. The Bertz CT molecular complexity index is 2340. The van der Waals surface area contributed by atoms with Crippen molar-refractivity contribution < 1.29 is 23.8 Å². The number of imidazole rings is 1. The number of H-pyrrole nitrogens is 1. The summed E-state index contributed by atoms with van der Waals surface area (Å²) in [5.74, 6) is 1.79. The molecule has 1 saturated carbocycles. The van der Waals surface area contributed by atoms with Crippen LogP contribution in [0, 0.1) is 24.2 Å². The highest BCUT2D eigenvalue weighted by Gasteiger charge is 2.31. The van der Waals surface area contributed by atoms with Crippen LogP contribution in [0.15, 0.2) is 53.9 Å². The van der Waals surface area contributed by atoms with Crippen molar-refractivity contribution >= 4 is 64.8 Å². The van der Waals surface area contributed by atoms with Gasteiger partial charge in [0, 0.05) is 79.7 Å². The third-order valence-corrected chi connectivity index (χ3v) is 11.3. The van der Waals surface area contributed by atoms with Gasteiger partial charge in [-0.3, -0.25) is 24.6 Å². The normalized spacial score (nSPS) is 22.4. The minimum absolute atomic E-state index is 0.194. The van der Waals surface area contributed by atoms with Gasteiger partial charge in [0.05, 0.1) is 29.6 Å². The fourth-order valence-corrected chi connectivity index (χ4v) is 8.54. The largest absolute Gasteiger partial charge is 0.496 e. The van der Waals surface area contributed by atoms with E-state index in [2.05, 4.69) is 72.5 Å². The number of aromatic amines is 1. The predicted molar refractivity (Wildman–Crippen MR) is 211 cm³/mol. The van der Waals surface area contributed by atoms with Crippen LogP contribution in [-0.4, -0.2) is 94.1 Å². The maximum atomic E-state index is 13.2. The van der Waals surface area contributed by atoms with Crippen molar-refractivity contribution in [2.45, 2.75) is 51.5 Å². The minimum Gasteiger partial charge on any atom is -0.496 e. The molecule has 4 aliphatic rings. The number of piperazine rings is 1. The molecule has 0 spiro atoms. The number of piperidine rings is 1. The SMILES string of the molecule is COc1cc2c(cc1C(=O)Nc1cnc(/C=C\C=N)[nH]1)=C/[N+](=C/C1CCC(CN3CCN(c4cccc5c4c(C)cn5C4CCC(=O)NC4=O)CC3)CC1)N=2. The number of aromatic nitrogens is 3. The molecule has 3 fully saturated rings. The highest BCUT2D eigenvalue weighted by molar-refractivity contribution is 6.06. The van der Waals surface area contributed by atoms with E-state index in [4.69, 9.17) is 15.2 Å². The number of carbonyl (C=O) groups is 3. The number of imide groups is 1. The summed E-state index contributed by atoms with van der Waals surface area (Å²) in [6, 6.07) is 9.62. The topological polar surface area (TPSA) is 164 Å². The fourth-order valence-electron chi connectivity index (χ4n) is 8.54. The Morgan fingerprint density at radius 1 is 1.11 bits per heavy atom. The molecule has 2 saturated heterocycles. The number of hydrogen-bond acceptors (Lipinski definition) is 9. The molecule has 14 heteroatoms. The molecule has 5 heterocycles. The second-order valence-corrected chi connectivity index (χ2v) is 15.0. The molecule has 0 bridgehead atoms. The van der Waals surface area contributed by atoms with Crippen LogP contribution in [0.3, 0.4) is 0 Å². The van der Waals surface area contributed by atoms with E-state index in [0.717, 1.165) is 73.4 Å². The maximum Gasteiger partial charge on any atom is 0.260 e. The van der Waals surface area contributed by atoms with Gasteiger partial charge < -0.3 is 29.9 Å². The molecule has 3 amide bonds. The molecule has 284 valence electrons. The number of rotatable bonds is 10. The lowest BCUT2D eigenvalue weighted by atomic mass is 9.82. The van der Waals surface area contributed by atoms with Crippen molar-refractivity contribution in [1.82, 2.24) is 24.8 Å². The van der Waals surface area contributed by atoms with E-state index in [0.29, 0.717) is 47.6 Å². The second-order valence-electron chi connectivity index (χ2n) is 15.0. The van der Waals surface area contributed by atoms with Crippen LogP contribution in [-0.2, 0) is 9.59 Å². The lowest BCUT2D eigenvalue weighted by Gasteiger charge is -2.39. The van der Waals surface area contributed by atoms with Crippen molar-refractivity contribution in [2.24, 2.45) is 16.9 Å². The van der Waals surface area contributed by atoms with E-state index >= 15 is 0 Å². The van der Waals surface area contributed by atoms with Crippen LogP contribution >= 0.6 is 0 Å². The first kappa shape index (κ1) is 36.1. The number of nitrogens with zero attached hydrogens (tertiary/aromatic N) is 6. The summed E-state index contributed by atoms with van der Waals surface area (Å²) in [4.78, 5) is 50.0. The lowest BCUT2D eigenvalue weighted by Crippen LogP contribution is -2.48. The van der Waals surface area contributed by atoms with Gasteiger partial charge in [0.2, 0.25) is 18.0 Å². The Labute approximate surface area is 318 Å². The Hall–Kier alpha value is -5.89. The summed E-state index contributed by atoms with van der Waals surface area (Å²) < 4.78 is 9.53. The van der Waals surface area contributed by atoms with E-state index in [1.54, 1.807) is 25.3 Å². The molecule has 4 N–H and O–H groups in total. The van der Waals surface area contributed by atoms with Crippen LogP contribution in [0.5, 0.6) is 5.75 Å². The number of amides is 3. The number of methoxy groups -OCH3 is 1. The zero-order chi connectivity index (χ0) is 38.1. The number of hydrogen-bond donors (Lipinski definition) is 4. The van der Waals surface area contributed by atoms with E-state index in [-0.39, 0.29) is 23.8 Å². The molecule has 55 heavy (non-hydrogen) atoms. The maximum absolute atomic E-state index is 13.2. The summed E-state index contributed by atoms with van der Waals surface area (Å²) in [5, 5.41) is 20.1. The van der Waals surface area contributed by atoms with Crippen molar-refractivity contribution in [3.8, 4) is 5.75 Å². The monoisotopic (exact) mass is 743 g/mol. The molecule has 1 unspecified atom stereocenters. The van der Waals surface area contributed by atoms with Gasteiger partial charge in [-0.1, -0.05) is 10.8 Å². The number of benzene rings is 2. The predicted octanol–water partition coefficient (Wildman–Crippen LogP) is 3.57. The molecule has 2 aromatic heterocycles. The van der Waals surface area contributed by atoms with Crippen molar-refractivity contribution in [1.29, 1.82) is 5.41 Å². The standard InChI is InChI=1S/C41H46N10O4/c1-26-22-51(34-12-13-38(52)46-41(34)54)33-6-3-5-32(39(26)33)49-17-15-48(16-18-49)23-27-8-10-28(11-9-27)24-50-25-29-19-30(35(55-2)20-31(29)47-50)40(53)45-37-21-43-36(44-37)7-4-14-42/h3-7,14,19-22,24-25,27-28,34H,8-13,15-18,23H2,1-2H3,(H3-,42,43,44,45,46,52,53,54)/p+1/b50-24-. The van der Waals surface area contributed by atoms with Gasteiger partial charge in [-0.25, -0.2) is 4.98 Å². The van der Waals surface area contributed by atoms with Crippen LogP contribution in [0.1, 0.15) is 66.3 Å². The van der Waals surface area contributed by atoms with Gasteiger partial charge in [0.1, 0.15) is 28.8 Å². The number of ether oxygens (including phenoxy) is 1. The third-order valence-electron chi connectivity index (χ3n) is 11.3. The summed E-state index contributed by atoms with van der Waals surface area (Å²) in [5.41, 5.74) is 3.82. The van der Waals surface area contributed by atoms with Gasteiger partial charge in [0.15, 0.2) is 6.21 Å². The van der Waals surface area contributed by atoms with Crippen molar-refractivity contribution in [2.75, 3.05) is 50.1 Å². The van der Waals surface area contributed by atoms with Gasteiger partial charge >= 0.3 is 0 Å². The van der Waals surface area contributed by atoms with Crippen molar-refractivity contribution in [3.63, 3.8) is 0 Å². The molecule has 1 aliphatic carbocycles. The number of anilines is 2. The number of aryl methyl sites for hydroxylation is 1. The van der Waals surface area contributed by atoms with Crippen molar-refractivity contribution in [3.05, 3.63) is 76.3 Å². The first-order chi connectivity index (χ1) is 26.8. The fraction of sp³-hybridized carbons (Fsp3) is 0.390. The van der Waals surface area contributed by atoms with Gasteiger partial charge in [-0.15, -0.1) is 0 Å². The van der Waals surface area contributed by atoms with Crippen LogP contribution in [0.2, 0.25) is 0 Å². The molecule has 4 aromatic rings. The minimum atomic E-state index is -0.364. The third kappa shape index (κ3) is 7.59. The Kier molecular flexibility index (Phi) is 10.1. The summed E-state index contributed by atoms with van der Waals surface area (Å²) in [7, 11) is 1.54. The average molecular weight is 744 g/mol. The highest BCUT2D eigenvalue weighted by atomic mass is 16.5. The van der Waals surface area contributed by atoms with Gasteiger partial charge in [-0.2, -0.15) is 0 Å². The molecule has 3 aliphatic heterocycles. The molecule has 1 atom stereocenters. The molecular weight excluding hydrogens is 697 g/mol. The first-order valence-corrected chi connectivity index (χ1v) is 19.1. The summed E-state index contributed by atoms with van der Waals surface area (Å²) in [6.07, 6.45) is 17.6. The van der Waals surface area contributed by atoms with Crippen LogP contribution in [0.4, 0.5) is 11.5 Å². The molecule has 14 nitrogen and oxygen atoms in total. The highest BCUT2D eigenvalue weighted by Crippen LogP contribution is 2.35. The Morgan fingerprint density at radius 3 is 2.69 bits per heavy atom. The van der Waals surface area contributed by atoms with Gasteiger partial charge in [-0.05, 0) is 80.9 Å². The van der Waals surface area contributed by atoms with E-state index in [9.17, 15) is 14.4 Å². The van der Waals surface area contributed by atoms with E-state index in [1.165, 1.54) is 30.1 Å². The quantitative estimate of drug-likeness (QED) is 0.110. The first-order valence-electron chi connectivity index (χ1n) is 19.1. The number of carbonyl (C=O) groups excluding carboxylic acids is 3. The lowest BCUT2D eigenvalue weighted by molar-refractivity contribution is -0.424. The number of allylic oxidation sites excluding steroid dienone is 1. The Balaban J connectivity index is 0.851. The summed E-state index contributed by atoms with van der Waals surface area (Å²) >= 11 is 0. The Morgan fingerprint density at radius 2 is 1.93 bits per heavy atom. The van der Waals surface area contributed by atoms with E-state index < -0.39 is 0 Å². The molecule has 0 radical (unpaired) electrons. The molecule has 8 rings (SSSR count). The zero-order valence-corrected chi connectivity index (χ0v) is 31.3.